The van der Waals surface area contributed by atoms with Crippen LogP contribution in [0.15, 0.2) is 78.9 Å². The first-order chi connectivity index (χ1) is 58.1. The largest absolute Gasteiger partial charge is 0.508 e. The highest BCUT2D eigenvalue weighted by Crippen LogP contribution is 2.55. The first-order valence-electron chi connectivity index (χ1n) is 41.7. The molecule has 18 atom stereocenters. The molecule has 0 aromatic heterocycles. The fourth-order valence-corrected chi connectivity index (χ4v) is 18.9. The first-order valence-corrected chi connectivity index (χ1v) is 42.4. The van der Waals surface area contributed by atoms with E-state index in [1.165, 1.54) is 45.2 Å². The van der Waals surface area contributed by atoms with E-state index in [0.717, 1.165) is 119 Å². The van der Waals surface area contributed by atoms with Crippen LogP contribution < -0.4 is 67.8 Å². The van der Waals surface area contributed by atoms with E-state index in [9.17, 15) is 60.3 Å². The number of carbonyl (C=O) groups is 9. The van der Waals surface area contributed by atoms with Gasteiger partial charge in [0, 0.05) is 41.6 Å². The van der Waals surface area contributed by atoms with Crippen LogP contribution in [-0.4, -0.2) is 198 Å². The van der Waals surface area contributed by atoms with Gasteiger partial charge in [-0.2, -0.15) is 0 Å². The van der Waals surface area contributed by atoms with Gasteiger partial charge in [0.1, 0.15) is 95.5 Å². The second-order valence-electron chi connectivity index (χ2n) is 34.2. The lowest BCUT2D eigenvalue weighted by molar-refractivity contribution is -0.333. The van der Waals surface area contributed by atoms with Crippen LogP contribution in [0.25, 0.3) is 11.1 Å². The van der Waals surface area contributed by atoms with Gasteiger partial charge >= 0.3 is 0 Å². The number of rotatable bonds is 22. The number of fused-ring (bicyclic) bond motifs is 15. The molecule has 4 aliphatic carbocycles. The summed E-state index contributed by atoms with van der Waals surface area (Å²) in [6, 6.07) is 0.250. The highest BCUT2D eigenvalue weighted by molar-refractivity contribution is 6.32. The summed E-state index contributed by atoms with van der Waals surface area (Å²) >= 11 is 14.5. The smallest absolute Gasteiger partial charge is 0.248 e. The van der Waals surface area contributed by atoms with E-state index in [-0.39, 0.29) is 93.0 Å². The lowest BCUT2D eigenvalue weighted by Crippen LogP contribution is -2.64. The molecule has 4 saturated carbocycles. The summed E-state index contributed by atoms with van der Waals surface area (Å²) in [5.41, 5.74) is 3.04. The molecule has 6 fully saturated rings. The van der Waals surface area contributed by atoms with E-state index in [4.69, 9.17) is 57.4 Å². The Bertz CT molecular complexity index is 4740. The van der Waals surface area contributed by atoms with Crippen molar-refractivity contribution in [1.29, 1.82) is 0 Å². The molecular formula is C86H108Cl2N10O24. The number of aliphatic hydroxyl groups excluding tert-OH is 6. The number of hydrogen-bond acceptors (Lipinski definition) is 26. The van der Waals surface area contributed by atoms with Crippen molar-refractivity contribution in [2.24, 2.45) is 35.3 Å². The van der Waals surface area contributed by atoms with Gasteiger partial charge in [0.2, 0.25) is 65.2 Å². The number of phenolic OH excluding ortho intramolecular Hbond substituents is 3. The summed E-state index contributed by atoms with van der Waals surface area (Å²) in [5, 5.41) is 130. The minimum absolute atomic E-state index is 0.0630. The van der Waals surface area contributed by atoms with Crippen LogP contribution in [0.3, 0.4) is 0 Å². The zero-order chi connectivity index (χ0) is 87.6. The van der Waals surface area contributed by atoms with Crippen molar-refractivity contribution < 1.29 is 118 Å². The van der Waals surface area contributed by atoms with Crippen molar-refractivity contribution in [3.63, 3.8) is 0 Å². The number of aromatic hydroxyl groups is 3. The molecule has 15 bridgehead atoms. The number of amides is 9. The van der Waals surface area contributed by atoms with Crippen LogP contribution in [0.5, 0.6) is 46.0 Å². The van der Waals surface area contributed by atoms with Gasteiger partial charge in [0.25, 0.3) is 0 Å². The molecule has 11 aliphatic rings. The molecule has 34 nitrogen and oxygen atoms in total. The third kappa shape index (κ3) is 20.0. The van der Waals surface area contributed by atoms with E-state index >= 15 is 28.8 Å². The summed E-state index contributed by atoms with van der Waals surface area (Å²) < 4.78 is 39.1. The average Bonchev–Trinajstić information content (AvgIpc) is 0.761. The van der Waals surface area contributed by atoms with Crippen molar-refractivity contribution in [2.45, 2.75) is 253 Å². The molecule has 36 heteroatoms. The fourth-order valence-electron chi connectivity index (χ4n) is 18.4. The lowest BCUT2D eigenvalue weighted by atomic mass is 9.54. The summed E-state index contributed by atoms with van der Waals surface area (Å²) in [5.74, 6) is -14.0. The molecular weight excluding hydrogens is 1630 g/mol. The van der Waals surface area contributed by atoms with Gasteiger partial charge in [-0.05, 0) is 178 Å². The normalized spacial score (nSPS) is 30.9. The second-order valence-corrected chi connectivity index (χ2v) is 35.0. The summed E-state index contributed by atoms with van der Waals surface area (Å²) in [7, 11) is 1.49. The topological polar surface area (TPSA) is 525 Å². The quantitative estimate of drug-likeness (QED) is 0.0393. The maximum absolute atomic E-state index is 16.6. The Kier molecular flexibility index (Phi) is 28.3. The maximum Gasteiger partial charge on any atom is 0.248 e. The van der Waals surface area contributed by atoms with Crippen molar-refractivity contribution in [2.75, 3.05) is 13.7 Å². The first kappa shape index (κ1) is 90.2. The third-order valence-electron chi connectivity index (χ3n) is 24.6. The Morgan fingerprint density at radius 1 is 0.648 bits per heavy atom. The molecule has 7 aliphatic heterocycles. The molecule has 0 unspecified atom stereocenters. The number of carbonyl (C=O) groups excluding carboxylic acids is 9. The van der Waals surface area contributed by atoms with Crippen LogP contribution in [0.2, 0.25) is 10.0 Å². The average molecular weight is 1740 g/mol. The number of halogens is 2. The Morgan fingerprint density at radius 3 is 1.87 bits per heavy atom. The summed E-state index contributed by atoms with van der Waals surface area (Å²) in [4.78, 5) is 138. The van der Waals surface area contributed by atoms with E-state index in [1.807, 2.05) is 13.8 Å². The lowest BCUT2D eigenvalue weighted by Gasteiger charge is -2.54. The number of nitrogens with two attached hydrogens (primary N) is 1. The summed E-state index contributed by atoms with van der Waals surface area (Å²) in [6.45, 7) is 7.80. The van der Waals surface area contributed by atoms with Gasteiger partial charge in [0.05, 0.1) is 41.3 Å². The zero-order valence-electron chi connectivity index (χ0n) is 68.3. The summed E-state index contributed by atoms with van der Waals surface area (Å²) in [6.07, 6.45) is -8.68. The maximum atomic E-state index is 16.6. The van der Waals surface area contributed by atoms with Gasteiger partial charge in [-0.1, -0.05) is 101 Å². The number of aliphatic hydroxyl groups is 6. The molecule has 5 aromatic rings. The number of hydrogen-bond donors (Lipinski definition) is 19. The van der Waals surface area contributed by atoms with E-state index in [0.29, 0.717) is 24.7 Å². The molecule has 5 aromatic carbocycles. The van der Waals surface area contributed by atoms with Crippen molar-refractivity contribution in [3.05, 3.63) is 117 Å². The highest BCUT2D eigenvalue weighted by atomic mass is 35.5. The van der Waals surface area contributed by atoms with Crippen molar-refractivity contribution in [1.82, 2.24) is 47.9 Å². The predicted octanol–water partition coefficient (Wildman–Crippen LogP) is 5.26. The van der Waals surface area contributed by atoms with Crippen LogP contribution in [0.4, 0.5) is 0 Å². The molecule has 9 amide bonds. The van der Waals surface area contributed by atoms with Crippen LogP contribution >= 0.6 is 23.2 Å². The number of benzene rings is 5. The van der Waals surface area contributed by atoms with Crippen molar-refractivity contribution >= 4 is 76.4 Å². The molecule has 7 heterocycles. The number of likely N-dealkylation sites (N-methyl/N-ethyl adjacent to an activating group) is 1. The Balaban J connectivity index is 1.01. The number of nitrogens with one attached hydrogen (secondary N) is 9. The van der Waals surface area contributed by atoms with Gasteiger partial charge in [-0.3, -0.25) is 48.5 Å². The molecule has 0 spiro atoms. The number of ether oxygens (including phenoxy) is 6. The molecule has 0 radical (unpaired) electrons. The zero-order valence-corrected chi connectivity index (χ0v) is 69.8. The molecule has 20 N–H and O–H groups in total. The third-order valence-corrected chi connectivity index (χ3v) is 25.2. The highest BCUT2D eigenvalue weighted by Gasteiger charge is 2.53. The standard InChI is InChI=1S/C86H108Cl2N10O24/c1-7-8-9-10-11-12-13-14-61(103)92-62(104)34-53-79(111)94-67-46-30-58(118-56-19-16-42(28-50(56)87)71(105)69(83(115)91-53)97-78(110)52(90-6)21-37(2)3)75(122-85-76(74(108)73(107)60(36-99)120-85)121-63-35-86(5,89)77(109)38(4)117-63)59(31-46)119-57-20-17-43(29-51(57)88)72(106)70-84(116)96-68(82(114)93-65-44-23-39-22-40(25-44)26-45(65)24-39)49-32-47(100)33-55(102)64(49)48-27-41(15-18-54(48)101)66(80(112)98-70)95-81(67)113/h15-20,27-33,37-40,44-45,52-53,60,63,65-74,76-77,85,90,99-102,105-109H,7-14,21-26,34-36,89H2,1-6H3,(H,91,115)(H,93,114)(H,94,111)(H,95,113)(H,96,116)(H,97,110)(H,98,112)(H,92,103,104)/t38-,39?,40?,44?,45?,52+,53-,60+,63-,65?,66+,67+,68-,69+,70-,71+,72+,73+,74-,76+,77+,85-,86-/m0/s1. The fraction of sp³-hybridized carbons (Fsp3) is 0.547. The Hall–Kier alpha value is -9.53. The van der Waals surface area contributed by atoms with Gasteiger partial charge in [-0.15, -0.1) is 0 Å². The van der Waals surface area contributed by atoms with Gasteiger partial charge < -0.3 is 123 Å². The minimum atomic E-state index is -2.38. The Labute approximate surface area is 713 Å². The minimum Gasteiger partial charge on any atom is -0.508 e. The number of phenols is 3. The molecule has 16 rings (SSSR count). The molecule has 2 saturated heterocycles. The predicted molar refractivity (Wildman–Crippen MR) is 437 cm³/mol. The van der Waals surface area contributed by atoms with Gasteiger partial charge in [0.15, 0.2) is 23.9 Å². The van der Waals surface area contributed by atoms with E-state index in [2.05, 4.69) is 54.8 Å². The number of unbranched alkanes of at least 4 members (excludes halogenated alkanes) is 6. The monoisotopic (exact) mass is 1730 g/mol. The second kappa shape index (κ2) is 38.3. The molecule has 122 heavy (non-hydrogen) atoms. The van der Waals surface area contributed by atoms with Crippen LogP contribution in [0, 0.1) is 29.6 Å². The van der Waals surface area contributed by atoms with E-state index < -0.39 is 221 Å². The van der Waals surface area contributed by atoms with Crippen molar-refractivity contribution in [3.8, 4) is 57.1 Å². The van der Waals surface area contributed by atoms with E-state index in [1.54, 1.807) is 0 Å². The van der Waals surface area contributed by atoms with Crippen LogP contribution in [0.1, 0.15) is 196 Å². The Morgan fingerprint density at radius 2 is 1.25 bits per heavy atom. The van der Waals surface area contributed by atoms with Gasteiger partial charge in [-0.25, -0.2) is 0 Å². The molecule has 660 valence electrons. The SMILES string of the molecule is CCCCCCCCCC(=O)NC(=O)C[C@@H]1NC(=O)[C@H](NC(=O)[C@@H](CC(C)C)NC)[C@H](O)c2ccc(c(Cl)c2)Oc2cc3cc(c2O[C@@H]2O[C@H](CO)[C@@H](O)[C@H](O)[C@H]2O[C@H]2C[C@](C)(N)[C@H](O)[C@H](C)O2)Oc2ccc(cc2Cl)[C@@H](O)[C@@H]2NC(=O)[C@H](NC(=O)[C@@H]3NC1=O)c1ccc(O)c(c1)-c1c(O)cc(O)cc1[C@@H](C(=O)NC1C3CC4CC(C3)CC1C4)NC2=O. The van der Waals surface area contributed by atoms with Crippen LogP contribution in [-0.2, 0) is 57.4 Å². The number of imide groups is 1.